The lowest BCUT2D eigenvalue weighted by Gasteiger charge is -2.10. The van der Waals surface area contributed by atoms with E-state index in [1.165, 1.54) is 24.1 Å². The van der Waals surface area contributed by atoms with Crippen LogP contribution in [0.4, 0.5) is 4.39 Å². The molecular formula is C16H17Cl2FN2O2S. The van der Waals surface area contributed by atoms with Crippen molar-refractivity contribution in [1.82, 2.24) is 10.0 Å². The number of benzene rings is 2. The topological polar surface area (TPSA) is 58.2 Å². The fourth-order valence-corrected chi connectivity index (χ4v) is 4.17. The summed E-state index contributed by atoms with van der Waals surface area (Å²) in [5.74, 6) is -0.528. The van der Waals surface area contributed by atoms with Crippen molar-refractivity contribution in [2.75, 3.05) is 0 Å². The highest BCUT2D eigenvalue weighted by molar-refractivity contribution is 7.89. The van der Waals surface area contributed by atoms with Crippen LogP contribution in [0.2, 0.25) is 5.02 Å². The summed E-state index contributed by atoms with van der Waals surface area (Å²) in [7, 11) is -3.81. The zero-order chi connectivity index (χ0) is 16.6. The Labute approximate surface area is 151 Å². The lowest BCUT2D eigenvalue weighted by molar-refractivity contribution is 0.580. The van der Waals surface area contributed by atoms with E-state index in [1.54, 1.807) is 0 Å². The first-order valence-electron chi connectivity index (χ1n) is 7.13. The Morgan fingerprint density at radius 2 is 1.92 bits per heavy atom. The summed E-state index contributed by atoms with van der Waals surface area (Å²) in [5, 5.41) is 3.11. The van der Waals surface area contributed by atoms with E-state index in [4.69, 9.17) is 11.6 Å². The van der Waals surface area contributed by atoms with Gasteiger partial charge in [-0.25, -0.2) is 17.5 Å². The highest BCUT2D eigenvalue weighted by Crippen LogP contribution is 2.25. The second-order valence-corrected chi connectivity index (χ2v) is 7.71. The molecule has 3 rings (SSSR count). The van der Waals surface area contributed by atoms with Crippen LogP contribution in [0.1, 0.15) is 22.3 Å². The molecule has 0 bridgehead atoms. The van der Waals surface area contributed by atoms with Crippen LogP contribution in [0, 0.1) is 12.7 Å². The van der Waals surface area contributed by atoms with E-state index in [-0.39, 0.29) is 34.4 Å². The highest BCUT2D eigenvalue weighted by Gasteiger charge is 2.20. The minimum atomic E-state index is -3.81. The van der Waals surface area contributed by atoms with Crippen LogP contribution in [0.3, 0.4) is 0 Å². The molecule has 2 N–H and O–H groups in total. The number of hydrogen-bond donors (Lipinski definition) is 2. The molecule has 8 heteroatoms. The van der Waals surface area contributed by atoms with E-state index in [2.05, 4.69) is 10.0 Å². The number of fused-ring (bicyclic) bond motifs is 1. The Morgan fingerprint density at radius 3 is 2.67 bits per heavy atom. The number of nitrogens with one attached hydrogen (secondary N) is 2. The van der Waals surface area contributed by atoms with Crippen LogP contribution in [0.15, 0.2) is 35.2 Å². The molecule has 130 valence electrons. The molecule has 0 unspecified atom stereocenters. The molecule has 0 fully saturated rings. The lowest BCUT2D eigenvalue weighted by Crippen LogP contribution is -2.24. The fourth-order valence-electron chi connectivity index (χ4n) is 2.55. The van der Waals surface area contributed by atoms with E-state index in [9.17, 15) is 12.8 Å². The minimum Gasteiger partial charge on any atom is -0.309 e. The van der Waals surface area contributed by atoms with Crippen molar-refractivity contribution in [1.29, 1.82) is 0 Å². The van der Waals surface area contributed by atoms with Gasteiger partial charge in [0.2, 0.25) is 10.0 Å². The molecule has 2 aromatic carbocycles. The van der Waals surface area contributed by atoms with Gasteiger partial charge in [-0.3, -0.25) is 0 Å². The van der Waals surface area contributed by atoms with E-state index < -0.39 is 15.8 Å². The van der Waals surface area contributed by atoms with E-state index in [1.807, 2.05) is 18.2 Å². The molecule has 0 aliphatic carbocycles. The lowest BCUT2D eigenvalue weighted by atomic mass is 10.1. The predicted octanol–water partition coefficient (Wildman–Crippen LogP) is 3.29. The normalized spacial score (nSPS) is 13.5. The summed E-state index contributed by atoms with van der Waals surface area (Å²) in [4.78, 5) is -0.110. The maximum absolute atomic E-state index is 13.4. The van der Waals surface area contributed by atoms with Gasteiger partial charge >= 0.3 is 0 Å². The molecule has 0 saturated carbocycles. The number of sulfonamides is 1. The first-order valence-corrected chi connectivity index (χ1v) is 8.99. The van der Waals surface area contributed by atoms with Crippen molar-refractivity contribution in [3.8, 4) is 0 Å². The summed E-state index contributed by atoms with van der Waals surface area (Å²) < 4.78 is 40.7. The van der Waals surface area contributed by atoms with Crippen molar-refractivity contribution in [2.45, 2.75) is 31.5 Å². The van der Waals surface area contributed by atoms with Crippen LogP contribution in [-0.4, -0.2) is 8.42 Å². The number of aryl methyl sites for hydroxylation is 1. The molecule has 1 aliphatic heterocycles. The summed E-state index contributed by atoms with van der Waals surface area (Å²) in [6.07, 6.45) is 0. The number of hydrogen-bond acceptors (Lipinski definition) is 3. The smallest absolute Gasteiger partial charge is 0.242 e. The molecule has 0 spiro atoms. The van der Waals surface area contributed by atoms with Crippen molar-refractivity contribution in [2.24, 2.45) is 0 Å². The van der Waals surface area contributed by atoms with E-state index in [0.29, 0.717) is 0 Å². The van der Waals surface area contributed by atoms with E-state index >= 15 is 0 Å². The molecule has 2 aromatic rings. The Bertz CT molecular complexity index is 873. The van der Waals surface area contributed by atoms with Gasteiger partial charge in [0, 0.05) is 19.6 Å². The Hall–Kier alpha value is -1.18. The highest BCUT2D eigenvalue weighted by atomic mass is 35.5. The van der Waals surface area contributed by atoms with Crippen LogP contribution in [0.5, 0.6) is 0 Å². The molecule has 24 heavy (non-hydrogen) atoms. The van der Waals surface area contributed by atoms with Crippen molar-refractivity contribution >= 4 is 34.0 Å². The average Bonchev–Trinajstić information content (AvgIpc) is 2.96. The fraction of sp³-hybridized carbons (Fsp3) is 0.250. The van der Waals surface area contributed by atoms with Gasteiger partial charge < -0.3 is 5.32 Å². The molecular weight excluding hydrogens is 374 g/mol. The van der Waals surface area contributed by atoms with Crippen LogP contribution in [0.25, 0.3) is 0 Å². The maximum atomic E-state index is 13.4. The Morgan fingerprint density at radius 1 is 1.21 bits per heavy atom. The molecule has 0 radical (unpaired) electrons. The maximum Gasteiger partial charge on any atom is 0.242 e. The minimum absolute atomic E-state index is 0. The molecule has 0 atom stereocenters. The van der Waals surface area contributed by atoms with Crippen molar-refractivity contribution in [3.05, 3.63) is 63.4 Å². The first-order chi connectivity index (χ1) is 10.9. The quantitative estimate of drug-likeness (QED) is 0.841. The van der Waals surface area contributed by atoms with Gasteiger partial charge in [-0.1, -0.05) is 29.8 Å². The van der Waals surface area contributed by atoms with Crippen LogP contribution in [-0.2, 0) is 29.7 Å². The Balaban J connectivity index is 0.00000208. The number of halogens is 3. The monoisotopic (exact) mass is 390 g/mol. The standard InChI is InChI=1S/C16H16ClFN2O2S.ClH/c1-10-4-16(14(17)6-15(10)18)23(21,22)20-7-11-2-3-12-8-19-9-13(12)5-11;/h2-6,19-20H,7-9H2,1H3;1H. The zero-order valence-electron chi connectivity index (χ0n) is 12.9. The second-order valence-electron chi connectivity index (χ2n) is 5.56. The summed E-state index contributed by atoms with van der Waals surface area (Å²) in [6, 6.07) is 8.13. The van der Waals surface area contributed by atoms with Gasteiger partial charge in [-0.2, -0.15) is 0 Å². The third-order valence-corrected chi connectivity index (χ3v) is 5.74. The van der Waals surface area contributed by atoms with Crippen LogP contribution >= 0.6 is 24.0 Å². The summed E-state index contributed by atoms with van der Waals surface area (Å²) in [5.41, 5.74) is 3.51. The molecule has 1 heterocycles. The predicted molar refractivity (Wildman–Crippen MR) is 94.4 cm³/mol. The van der Waals surface area contributed by atoms with Crippen LogP contribution < -0.4 is 10.0 Å². The second kappa shape index (κ2) is 7.37. The van der Waals surface area contributed by atoms with Gasteiger partial charge in [0.15, 0.2) is 0 Å². The molecule has 0 amide bonds. The molecule has 0 saturated heterocycles. The average molecular weight is 391 g/mol. The SMILES string of the molecule is Cc1cc(S(=O)(=O)NCc2ccc3c(c2)CNC3)c(Cl)cc1F.Cl. The van der Waals surface area contributed by atoms with Gasteiger partial charge in [-0.05, 0) is 41.3 Å². The van der Waals surface area contributed by atoms with Crippen molar-refractivity contribution < 1.29 is 12.8 Å². The largest absolute Gasteiger partial charge is 0.309 e. The third kappa shape index (κ3) is 3.90. The van der Waals surface area contributed by atoms with Gasteiger partial charge in [0.05, 0.1) is 5.02 Å². The molecule has 4 nitrogen and oxygen atoms in total. The summed E-state index contributed by atoms with van der Waals surface area (Å²) >= 11 is 5.88. The summed E-state index contributed by atoms with van der Waals surface area (Å²) in [6.45, 7) is 3.28. The zero-order valence-corrected chi connectivity index (χ0v) is 15.3. The number of rotatable bonds is 4. The first kappa shape index (κ1) is 19.1. The molecule has 0 aromatic heterocycles. The molecule has 1 aliphatic rings. The van der Waals surface area contributed by atoms with E-state index in [0.717, 1.165) is 24.7 Å². The van der Waals surface area contributed by atoms with Gasteiger partial charge in [0.25, 0.3) is 0 Å². The van der Waals surface area contributed by atoms with Crippen molar-refractivity contribution in [3.63, 3.8) is 0 Å². The third-order valence-electron chi connectivity index (χ3n) is 3.87. The van der Waals surface area contributed by atoms with Gasteiger partial charge in [-0.15, -0.1) is 12.4 Å². The Kier molecular flexibility index (Phi) is 5.88. The van der Waals surface area contributed by atoms with Gasteiger partial charge in [0.1, 0.15) is 10.7 Å².